The summed E-state index contributed by atoms with van der Waals surface area (Å²) in [6.07, 6.45) is 0.840. The zero-order valence-electron chi connectivity index (χ0n) is 9.05. The number of nitrogens with zero attached hydrogens (tertiary/aromatic N) is 1. The summed E-state index contributed by atoms with van der Waals surface area (Å²) in [7, 11) is 0. The van der Waals surface area contributed by atoms with E-state index in [4.69, 9.17) is 0 Å². The summed E-state index contributed by atoms with van der Waals surface area (Å²) in [5.74, 6) is -3.31. The van der Waals surface area contributed by atoms with Crippen LogP contribution in [0.5, 0.6) is 0 Å². The van der Waals surface area contributed by atoms with E-state index < -0.39 is 23.3 Å². The maximum Gasteiger partial charge on any atom is 0.168 e. The van der Waals surface area contributed by atoms with Gasteiger partial charge in [-0.05, 0) is 6.07 Å². The van der Waals surface area contributed by atoms with Gasteiger partial charge in [0.15, 0.2) is 11.6 Å². The van der Waals surface area contributed by atoms with E-state index in [1.54, 1.807) is 0 Å². The molecule has 0 fully saturated rings. The van der Waals surface area contributed by atoms with Crippen LogP contribution in [0.1, 0.15) is 5.56 Å². The molecule has 2 nitrogen and oxygen atoms in total. The zero-order valence-corrected chi connectivity index (χ0v) is 9.05. The van der Waals surface area contributed by atoms with Gasteiger partial charge >= 0.3 is 0 Å². The summed E-state index contributed by atoms with van der Waals surface area (Å²) in [4.78, 5) is 3.48. The third-order valence-corrected chi connectivity index (χ3v) is 2.27. The van der Waals surface area contributed by atoms with E-state index in [9.17, 15) is 17.6 Å². The summed E-state index contributed by atoms with van der Waals surface area (Å²) in [5, 5.41) is 2.50. The molecule has 0 bridgehead atoms. The van der Waals surface area contributed by atoms with Crippen molar-refractivity contribution < 1.29 is 17.6 Å². The Morgan fingerprint density at radius 3 is 2.33 bits per heavy atom. The highest BCUT2D eigenvalue weighted by Gasteiger charge is 2.07. The van der Waals surface area contributed by atoms with Crippen molar-refractivity contribution in [1.29, 1.82) is 0 Å². The molecule has 2 aromatic rings. The first kappa shape index (κ1) is 12.3. The average molecular weight is 256 g/mol. The van der Waals surface area contributed by atoms with Crippen LogP contribution in [0.2, 0.25) is 0 Å². The highest BCUT2D eigenvalue weighted by molar-refractivity contribution is 5.37. The molecule has 0 aliphatic heterocycles. The number of nitrogens with one attached hydrogen (secondary N) is 1. The molecule has 0 aliphatic rings. The molecule has 0 saturated heterocycles. The Morgan fingerprint density at radius 2 is 1.67 bits per heavy atom. The molecule has 0 saturated carbocycles. The minimum atomic E-state index is -0.877. The topological polar surface area (TPSA) is 24.9 Å². The standard InChI is InChI=1S/C12H8F4N2/c13-8-2-1-7(10(15)3-8)5-17-12-11(16)4-9(14)6-18-12/h1-4,6H,5H2,(H,17,18). The molecule has 0 unspecified atom stereocenters. The lowest BCUT2D eigenvalue weighted by atomic mass is 10.2. The second-order valence-corrected chi connectivity index (χ2v) is 3.57. The Kier molecular flexibility index (Phi) is 3.45. The van der Waals surface area contributed by atoms with Gasteiger partial charge in [0.1, 0.15) is 17.5 Å². The average Bonchev–Trinajstić information content (AvgIpc) is 2.30. The summed E-state index contributed by atoms with van der Waals surface area (Å²) in [6, 6.07) is 3.72. The lowest BCUT2D eigenvalue weighted by Crippen LogP contribution is -2.05. The normalized spacial score (nSPS) is 10.4. The van der Waals surface area contributed by atoms with Gasteiger partial charge in [-0.3, -0.25) is 0 Å². The summed E-state index contributed by atoms with van der Waals surface area (Å²) in [6.45, 7) is -0.0817. The van der Waals surface area contributed by atoms with E-state index in [2.05, 4.69) is 10.3 Å². The predicted octanol–water partition coefficient (Wildman–Crippen LogP) is 3.25. The molecule has 6 heteroatoms. The fraction of sp³-hybridized carbons (Fsp3) is 0.0833. The quantitative estimate of drug-likeness (QED) is 0.853. The second-order valence-electron chi connectivity index (χ2n) is 3.57. The predicted molar refractivity (Wildman–Crippen MR) is 57.8 cm³/mol. The second kappa shape index (κ2) is 5.03. The molecule has 1 aromatic heterocycles. The van der Waals surface area contributed by atoms with Crippen molar-refractivity contribution >= 4 is 5.82 Å². The monoisotopic (exact) mass is 256 g/mol. The van der Waals surface area contributed by atoms with E-state index in [1.807, 2.05) is 0 Å². The van der Waals surface area contributed by atoms with Gasteiger partial charge in [0.05, 0.1) is 6.20 Å². The number of pyridine rings is 1. The number of anilines is 1. The van der Waals surface area contributed by atoms with Gasteiger partial charge in [0.25, 0.3) is 0 Å². The zero-order chi connectivity index (χ0) is 13.1. The van der Waals surface area contributed by atoms with Gasteiger partial charge in [-0.15, -0.1) is 0 Å². The number of hydrogen-bond donors (Lipinski definition) is 1. The molecule has 1 heterocycles. The van der Waals surface area contributed by atoms with Crippen LogP contribution in [-0.2, 0) is 6.54 Å². The third kappa shape index (κ3) is 2.77. The van der Waals surface area contributed by atoms with Crippen molar-refractivity contribution in [3.05, 3.63) is 59.3 Å². The molecule has 0 aliphatic carbocycles. The molecular weight excluding hydrogens is 248 g/mol. The molecule has 0 atom stereocenters. The maximum absolute atomic E-state index is 13.3. The fourth-order valence-corrected chi connectivity index (χ4v) is 1.39. The van der Waals surface area contributed by atoms with Crippen LogP contribution in [0.15, 0.2) is 30.5 Å². The van der Waals surface area contributed by atoms with Crippen molar-refractivity contribution in [3.63, 3.8) is 0 Å². The van der Waals surface area contributed by atoms with Crippen LogP contribution in [0, 0.1) is 23.3 Å². The molecule has 2 rings (SSSR count). The van der Waals surface area contributed by atoms with Crippen LogP contribution in [-0.4, -0.2) is 4.98 Å². The molecule has 1 N–H and O–H groups in total. The first-order valence-electron chi connectivity index (χ1n) is 5.05. The summed E-state index contributed by atoms with van der Waals surface area (Å²) in [5.41, 5.74) is 0.155. The molecule has 0 amide bonds. The van der Waals surface area contributed by atoms with Crippen molar-refractivity contribution in [2.24, 2.45) is 0 Å². The number of benzene rings is 1. The van der Waals surface area contributed by atoms with Gasteiger partial charge < -0.3 is 5.32 Å². The molecule has 94 valence electrons. The molecular formula is C12H8F4N2. The first-order chi connectivity index (χ1) is 8.56. The minimum Gasteiger partial charge on any atom is -0.363 e. The van der Waals surface area contributed by atoms with Crippen LogP contribution in [0.3, 0.4) is 0 Å². The van der Waals surface area contributed by atoms with E-state index in [0.717, 1.165) is 18.3 Å². The van der Waals surface area contributed by atoms with Gasteiger partial charge in [-0.1, -0.05) is 6.07 Å². The fourth-order valence-electron chi connectivity index (χ4n) is 1.39. The Bertz CT molecular complexity index is 520. The van der Waals surface area contributed by atoms with Crippen molar-refractivity contribution in [2.45, 2.75) is 6.54 Å². The SMILES string of the molecule is Fc1ccc(CNc2ncc(F)cc2F)c(F)c1. The van der Waals surface area contributed by atoms with Gasteiger partial charge in [0.2, 0.25) is 0 Å². The summed E-state index contributed by atoms with van der Waals surface area (Å²) >= 11 is 0. The Labute approximate surface area is 100 Å². The van der Waals surface area contributed by atoms with Crippen molar-refractivity contribution in [1.82, 2.24) is 4.98 Å². The third-order valence-electron chi connectivity index (χ3n) is 2.27. The highest BCUT2D eigenvalue weighted by atomic mass is 19.1. The summed E-state index contributed by atoms with van der Waals surface area (Å²) < 4.78 is 51.7. The molecule has 0 spiro atoms. The van der Waals surface area contributed by atoms with Crippen molar-refractivity contribution in [2.75, 3.05) is 5.32 Å². The van der Waals surface area contributed by atoms with E-state index in [0.29, 0.717) is 6.07 Å². The van der Waals surface area contributed by atoms with E-state index in [-0.39, 0.29) is 17.9 Å². The largest absolute Gasteiger partial charge is 0.363 e. The van der Waals surface area contributed by atoms with Crippen LogP contribution in [0.4, 0.5) is 23.4 Å². The Balaban J connectivity index is 2.11. The van der Waals surface area contributed by atoms with Crippen molar-refractivity contribution in [3.8, 4) is 0 Å². The lowest BCUT2D eigenvalue weighted by molar-refractivity contribution is 0.569. The molecule has 0 radical (unpaired) electrons. The number of halogens is 4. The minimum absolute atomic E-state index is 0.0817. The lowest BCUT2D eigenvalue weighted by Gasteiger charge is -2.07. The smallest absolute Gasteiger partial charge is 0.168 e. The van der Waals surface area contributed by atoms with Gasteiger partial charge in [-0.2, -0.15) is 0 Å². The first-order valence-corrected chi connectivity index (χ1v) is 5.05. The highest BCUT2D eigenvalue weighted by Crippen LogP contribution is 2.14. The van der Waals surface area contributed by atoms with Crippen LogP contribution in [0.25, 0.3) is 0 Å². The van der Waals surface area contributed by atoms with Gasteiger partial charge in [-0.25, -0.2) is 22.5 Å². The Hall–Kier alpha value is -2.11. The Morgan fingerprint density at radius 1 is 0.944 bits per heavy atom. The van der Waals surface area contributed by atoms with E-state index in [1.165, 1.54) is 6.07 Å². The maximum atomic E-state index is 13.3. The van der Waals surface area contributed by atoms with Crippen LogP contribution < -0.4 is 5.32 Å². The van der Waals surface area contributed by atoms with E-state index >= 15 is 0 Å². The number of hydrogen-bond acceptors (Lipinski definition) is 2. The number of aromatic nitrogens is 1. The van der Waals surface area contributed by atoms with Gasteiger partial charge in [0, 0.05) is 24.2 Å². The molecule has 1 aromatic carbocycles. The number of rotatable bonds is 3. The molecule has 18 heavy (non-hydrogen) atoms. The van der Waals surface area contributed by atoms with Crippen LogP contribution >= 0.6 is 0 Å².